The zero-order valence-electron chi connectivity index (χ0n) is 9.74. The summed E-state index contributed by atoms with van der Waals surface area (Å²) in [6.07, 6.45) is 6.41. The molecule has 0 spiro atoms. The van der Waals surface area contributed by atoms with E-state index in [1.807, 2.05) is 13.0 Å². The van der Waals surface area contributed by atoms with Crippen molar-refractivity contribution in [1.82, 2.24) is 0 Å². The number of allylic oxidation sites excluding steroid dienone is 1. The van der Waals surface area contributed by atoms with Crippen molar-refractivity contribution in [1.29, 1.82) is 0 Å². The summed E-state index contributed by atoms with van der Waals surface area (Å²) in [5.41, 5.74) is 5.79. The van der Waals surface area contributed by atoms with Crippen molar-refractivity contribution >= 4 is 7.37 Å². The maximum absolute atomic E-state index is 12.6. The Labute approximate surface area is 92.5 Å². The van der Waals surface area contributed by atoms with Gasteiger partial charge >= 0.3 is 0 Å². The van der Waals surface area contributed by atoms with Crippen molar-refractivity contribution in [2.24, 2.45) is 5.73 Å². The minimum Gasteiger partial charge on any atom is -0.326 e. The molecule has 1 aliphatic rings. The SMILES string of the molecule is CCCCP(=O)(OCC)C1=CC(N)CC1. The van der Waals surface area contributed by atoms with Gasteiger partial charge in [0, 0.05) is 17.5 Å². The van der Waals surface area contributed by atoms with Crippen LogP contribution in [-0.4, -0.2) is 18.8 Å². The molecule has 15 heavy (non-hydrogen) atoms. The van der Waals surface area contributed by atoms with Crippen LogP contribution >= 0.6 is 7.37 Å². The Kier molecular flexibility index (Phi) is 5.04. The molecule has 1 aliphatic carbocycles. The second-order valence-electron chi connectivity index (χ2n) is 4.03. The van der Waals surface area contributed by atoms with Gasteiger partial charge in [-0.2, -0.15) is 0 Å². The molecule has 4 heteroatoms. The summed E-state index contributed by atoms with van der Waals surface area (Å²) in [5.74, 6) is 0. The minimum atomic E-state index is -2.54. The highest BCUT2D eigenvalue weighted by atomic mass is 31.2. The van der Waals surface area contributed by atoms with Gasteiger partial charge in [-0.25, -0.2) is 0 Å². The van der Waals surface area contributed by atoms with Crippen LogP contribution in [0.4, 0.5) is 0 Å². The molecular formula is C11H22NO2P. The lowest BCUT2D eigenvalue weighted by Gasteiger charge is -2.18. The zero-order valence-corrected chi connectivity index (χ0v) is 10.6. The van der Waals surface area contributed by atoms with Crippen LogP contribution in [0.5, 0.6) is 0 Å². The number of hydrogen-bond donors (Lipinski definition) is 1. The van der Waals surface area contributed by atoms with Crippen LogP contribution in [-0.2, 0) is 9.09 Å². The first kappa shape index (κ1) is 13.0. The summed E-state index contributed by atoms with van der Waals surface area (Å²) in [4.78, 5) is 0. The number of hydrogen-bond acceptors (Lipinski definition) is 3. The van der Waals surface area contributed by atoms with Crippen LogP contribution in [0.2, 0.25) is 0 Å². The van der Waals surface area contributed by atoms with E-state index in [1.54, 1.807) is 0 Å². The Bertz CT molecular complexity index is 276. The Morgan fingerprint density at radius 2 is 2.33 bits per heavy atom. The average molecular weight is 231 g/mol. The fraction of sp³-hybridized carbons (Fsp3) is 0.818. The Morgan fingerprint density at radius 3 is 2.80 bits per heavy atom. The molecule has 88 valence electrons. The third-order valence-corrected chi connectivity index (χ3v) is 5.55. The molecule has 2 N–H and O–H groups in total. The van der Waals surface area contributed by atoms with Crippen molar-refractivity contribution in [3.05, 3.63) is 11.4 Å². The van der Waals surface area contributed by atoms with E-state index >= 15 is 0 Å². The lowest BCUT2D eigenvalue weighted by Crippen LogP contribution is -2.11. The van der Waals surface area contributed by atoms with E-state index in [-0.39, 0.29) is 6.04 Å². The summed E-state index contributed by atoms with van der Waals surface area (Å²) < 4.78 is 18.1. The molecule has 0 aliphatic heterocycles. The molecular weight excluding hydrogens is 209 g/mol. The first-order chi connectivity index (χ1) is 7.12. The lowest BCUT2D eigenvalue weighted by molar-refractivity contribution is 0.336. The molecule has 0 aromatic heterocycles. The quantitative estimate of drug-likeness (QED) is 0.714. The molecule has 2 atom stereocenters. The van der Waals surface area contributed by atoms with Gasteiger partial charge in [0.1, 0.15) is 0 Å². The summed E-state index contributed by atoms with van der Waals surface area (Å²) >= 11 is 0. The van der Waals surface area contributed by atoms with E-state index in [2.05, 4.69) is 6.92 Å². The highest BCUT2D eigenvalue weighted by Gasteiger charge is 2.30. The van der Waals surface area contributed by atoms with Gasteiger partial charge < -0.3 is 10.3 Å². The van der Waals surface area contributed by atoms with E-state index < -0.39 is 7.37 Å². The van der Waals surface area contributed by atoms with Crippen molar-refractivity contribution < 1.29 is 9.09 Å². The van der Waals surface area contributed by atoms with Gasteiger partial charge in [0.2, 0.25) is 7.37 Å². The van der Waals surface area contributed by atoms with Gasteiger partial charge in [0.25, 0.3) is 0 Å². The topological polar surface area (TPSA) is 52.3 Å². The highest BCUT2D eigenvalue weighted by Crippen LogP contribution is 2.58. The first-order valence-electron chi connectivity index (χ1n) is 5.83. The fourth-order valence-electron chi connectivity index (χ4n) is 1.88. The van der Waals surface area contributed by atoms with Crippen molar-refractivity contribution in [2.75, 3.05) is 12.8 Å². The number of rotatable bonds is 6. The van der Waals surface area contributed by atoms with Crippen LogP contribution in [0.3, 0.4) is 0 Å². The molecule has 3 nitrogen and oxygen atoms in total. The second kappa shape index (κ2) is 5.83. The number of nitrogens with two attached hydrogens (primary N) is 1. The maximum atomic E-state index is 12.6. The Balaban J connectivity index is 2.72. The minimum absolute atomic E-state index is 0.0791. The normalized spacial score (nSPS) is 25.0. The summed E-state index contributed by atoms with van der Waals surface area (Å²) in [6.45, 7) is 4.52. The third-order valence-electron chi connectivity index (χ3n) is 2.72. The van der Waals surface area contributed by atoms with Crippen LogP contribution in [0, 0.1) is 0 Å². The molecule has 0 heterocycles. The van der Waals surface area contributed by atoms with Gasteiger partial charge in [0.05, 0.1) is 6.61 Å². The summed E-state index contributed by atoms with van der Waals surface area (Å²) in [7, 11) is -2.54. The zero-order chi connectivity index (χ0) is 11.3. The third kappa shape index (κ3) is 3.44. The largest absolute Gasteiger partial charge is 0.326 e. The summed E-state index contributed by atoms with van der Waals surface area (Å²) in [5, 5.41) is 0.977. The molecule has 0 radical (unpaired) electrons. The van der Waals surface area contributed by atoms with E-state index in [4.69, 9.17) is 10.3 Å². The average Bonchev–Trinajstić information content (AvgIpc) is 2.63. The summed E-state index contributed by atoms with van der Waals surface area (Å²) in [6, 6.07) is 0.0791. The standard InChI is InChI=1S/C11H22NO2P/c1-3-5-8-15(13,14-4-2)11-7-6-10(12)9-11/h9-10H,3-8,12H2,1-2H3. The van der Waals surface area contributed by atoms with Crippen LogP contribution in [0.25, 0.3) is 0 Å². The van der Waals surface area contributed by atoms with E-state index in [0.29, 0.717) is 12.8 Å². The van der Waals surface area contributed by atoms with Crippen molar-refractivity contribution in [3.63, 3.8) is 0 Å². The van der Waals surface area contributed by atoms with Gasteiger partial charge in [-0.15, -0.1) is 0 Å². The second-order valence-corrected chi connectivity index (χ2v) is 6.66. The highest BCUT2D eigenvalue weighted by molar-refractivity contribution is 7.63. The van der Waals surface area contributed by atoms with Crippen LogP contribution < -0.4 is 5.73 Å². The lowest BCUT2D eigenvalue weighted by atomic mass is 10.3. The monoisotopic (exact) mass is 231 g/mol. The Morgan fingerprint density at radius 1 is 1.60 bits per heavy atom. The molecule has 1 rings (SSSR count). The Hall–Kier alpha value is -0.110. The fourth-order valence-corrected chi connectivity index (χ4v) is 4.50. The van der Waals surface area contributed by atoms with Gasteiger partial charge in [-0.05, 0) is 26.2 Å². The molecule has 0 amide bonds. The maximum Gasteiger partial charge on any atom is 0.227 e. The molecule has 2 unspecified atom stereocenters. The van der Waals surface area contributed by atoms with E-state index in [9.17, 15) is 4.57 Å². The molecule has 0 bridgehead atoms. The van der Waals surface area contributed by atoms with Crippen LogP contribution in [0.15, 0.2) is 11.4 Å². The molecule has 0 fully saturated rings. The first-order valence-corrected chi connectivity index (χ1v) is 7.63. The van der Waals surface area contributed by atoms with Gasteiger partial charge in [-0.1, -0.05) is 19.4 Å². The van der Waals surface area contributed by atoms with E-state index in [0.717, 1.165) is 31.0 Å². The van der Waals surface area contributed by atoms with E-state index in [1.165, 1.54) is 0 Å². The van der Waals surface area contributed by atoms with Gasteiger partial charge in [-0.3, -0.25) is 4.57 Å². The van der Waals surface area contributed by atoms with Crippen LogP contribution in [0.1, 0.15) is 39.5 Å². The predicted octanol–water partition coefficient (Wildman–Crippen LogP) is 3.11. The molecule has 0 saturated heterocycles. The van der Waals surface area contributed by atoms with Crippen molar-refractivity contribution in [2.45, 2.75) is 45.6 Å². The predicted molar refractivity (Wildman–Crippen MR) is 64.3 cm³/mol. The van der Waals surface area contributed by atoms with Crippen molar-refractivity contribution in [3.8, 4) is 0 Å². The molecule has 0 aromatic carbocycles. The molecule has 0 saturated carbocycles. The smallest absolute Gasteiger partial charge is 0.227 e. The number of unbranched alkanes of at least 4 members (excludes halogenated alkanes) is 1. The molecule has 0 aromatic rings. The van der Waals surface area contributed by atoms with Gasteiger partial charge in [0.15, 0.2) is 0 Å².